The zero-order valence-corrected chi connectivity index (χ0v) is 26.8. The summed E-state index contributed by atoms with van der Waals surface area (Å²) < 4.78 is 13.6. The molecule has 2 N–H and O–H groups in total. The van der Waals surface area contributed by atoms with Gasteiger partial charge in [-0.2, -0.15) is 0 Å². The number of aromatic nitrogens is 2. The molecule has 0 spiro atoms. The highest BCUT2D eigenvalue weighted by molar-refractivity contribution is 6.36. The molecule has 0 saturated carbocycles. The Morgan fingerprint density at radius 3 is 2.30 bits per heavy atom. The number of carbonyl (C=O) groups excluding carboxylic acids is 1. The molecule has 1 amide bonds. The molecule has 0 aliphatic rings. The van der Waals surface area contributed by atoms with Crippen molar-refractivity contribution in [1.29, 1.82) is 0 Å². The summed E-state index contributed by atoms with van der Waals surface area (Å²) in [6, 6.07) is 19.0. The Labute approximate surface area is 267 Å². The minimum Gasteiger partial charge on any atom is -0.489 e. The highest BCUT2D eigenvalue weighted by Gasteiger charge is 2.26. The molecule has 8 nitrogen and oxygen atoms in total. The lowest BCUT2D eigenvalue weighted by Gasteiger charge is -2.24. The number of aryl methyl sites for hydroxylation is 1. The monoisotopic (exact) mass is 637 g/mol. The molecule has 232 valence electrons. The molecule has 4 rings (SSSR count). The van der Waals surface area contributed by atoms with Crippen molar-refractivity contribution in [3.8, 4) is 17.0 Å². The van der Waals surface area contributed by atoms with Crippen molar-refractivity contribution in [2.45, 2.75) is 71.8 Å². The van der Waals surface area contributed by atoms with Gasteiger partial charge in [-0.25, -0.2) is 14.6 Å². The highest BCUT2D eigenvalue weighted by atomic mass is 35.5. The Hall–Kier alpha value is -4.01. The molecule has 0 fully saturated rings. The molecule has 1 atom stereocenters. The van der Waals surface area contributed by atoms with Crippen LogP contribution in [-0.2, 0) is 24.3 Å². The summed E-state index contributed by atoms with van der Waals surface area (Å²) >= 11 is 12.7. The normalized spacial score (nSPS) is 12.0. The maximum Gasteiger partial charge on any atom is 0.408 e. The van der Waals surface area contributed by atoms with Gasteiger partial charge in [0.25, 0.3) is 0 Å². The first kappa shape index (κ1) is 32.9. The average Bonchev–Trinajstić information content (AvgIpc) is 3.38. The number of rotatable bonds is 12. The van der Waals surface area contributed by atoms with Crippen LogP contribution in [0.1, 0.15) is 73.9 Å². The largest absolute Gasteiger partial charge is 0.489 e. The molecular formula is C34H37Cl2N3O5. The van der Waals surface area contributed by atoms with E-state index in [-0.39, 0.29) is 5.56 Å². The number of carbonyl (C=O) groups is 2. The summed E-state index contributed by atoms with van der Waals surface area (Å²) in [4.78, 5) is 29.1. The molecule has 44 heavy (non-hydrogen) atoms. The van der Waals surface area contributed by atoms with E-state index in [2.05, 4.69) is 16.8 Å². The summed E-state index contributed by atoms with van der Waals surface area (Å²) in [5.74, 6) is 0.387. The Balaban J connectivity index is 1.58. The maximum atomic E-state index is 13.0. The number of hydrogen-bond donors (Lipinski definition) is 2. The molecule has 0 radical (unpaired) electrons. The number of nitrogens with one attached hydrogen (secondary N) is 1. The minimum atomic E-state index is -0.967. The zero-order chi connectivity index (χ0) is 31.9. The number of amides is 1. The van der Waals surface area contributed by atoms with Crippen LogP contribution in [0, 0.1) is 0 Å². The summed E-state index contributed by atoms with van der Waals surface area (Å²) in [5.41, 5.74) is 2.82. The third-order valence-corrected chi connectivity index (χ3v) is 7.29. The van der Waals surface area contributed by atoms with Crippen LogP contribution in [0.4, 0.5) is 4.79 Å². The minimum absolute atomic E-state index is 0.228. The number of nitrogens with zero attached hydrogens (tertiary/aromatic N) is 2. The highest BCUT2D eigenvalue weighted by Crippen LogP contribution is 2.32. The van der Waals surface area contributed by atoms with Gasteiger partial charge in [0.05, 0.1) is 22.3 Å². The Morgan fingerprint density at radius 1 is 1.00 bits per heavy atom. The van der Waals surface area contributed by atoms with Gasteiger partial charge in [0.1, 0.15) is 23.8 Å². The number of halogens is 2. The fraction of sp³-hybridized carbons (Fsp3) is 0.324. The van der Waals surface area contributed by atoms with E-state index in [1.807, 2.05) is 57.3 Å². The van der Waals surface area contributed by atoms with Gasteiger partial charge in [-0.05, 0) is 80.8 Å². The van der Waals surface area contributed by atoms with Crippen LogP contribution in [0.15, 0.2) is 72.9 Å². The molecule has 0 bridgehead atoms. The van der Waals surface area contributed by atoms with E-state index in [0.717, 1.165) is 36.1 Å². The van der Waals surface area contributed by atoms with Crippen molar-refractivity contribution in [3.05, 3.63) is 105 Å². The molecule has 0 saturated heterocycles. The number of unbranched alkanes of at least 4 members (excludes halogenated alkanes) is 1. The summed E-state index contributed by atoms with van der Waals surface area (Å²) in [7, 11) is 0. The lowest BCUT2D eigenvalue weighted by molar-refractivity contribution is 0.0499. The predicted octanol–water partition coefficient (Wildman–Crippen LogP) is 8.74. The smallest absolute Gasteiger partial charge is 0.408 e. The van der Waals surface area contributed by atoms with Crippen molar-refractivity contribution in [1.82, 2.24) is 14.9 Å². The molecule has 0 unspecified atom stereocenters. The van der Waals surface area contributed by atoms with Crippen molar-refractivity contribution in [2.24, 2.45) is 0 Å². The van der Waals surface area contributed by atoms with E-state index in [1.54, 1.807) is 36.4 Å². The van der Waals surface area contributed by atoms with Gasteiger partial charge in [0, 0.05) is 29.7 Å². The van der Waals surface area contributed by atoms with E-state index < -0.39 is 23.7 Å². The quantitative estimate of drug-likeness (QED) is 0.161. The Kier molecular flexibility index (Phi) is 10.9. The molecule has 0 aliphatic carbocycles. The first-order valence-corrected chi connectivity index (χ1v) is 15.2. The van der Waals surface area contributed by atoms with Crippen LogP contribution < -0.4 is 10.1 Å². The third-order valence-electron chi connectivity index (χ3n) is 6.74. The lowest BCUT2D eigenvalue weighted by Crippen LogP contribution is -2.36. The molecular weight excluding hydrogens is 601 g/mol. The fourth-order valence-electron chi connectivity index (χ4n) is 4.57. The second-order valence-corrected chi connectivity index (χ2v) is 12.3. The van der Waals surface area contributed by atoms with Crippen LogP contribution in [0.25, 0.3) is 11.3 Å². The maximum absolute atomic E-state index is 13.0. The number of carboxylic acid groups (broad SMARTS) is 1. The van der Waals surface area contributed by atoms with Gasteiger partial charge < -0.3 is 24.5 Å². The van der Waals surface area contributed by atoms with E-state index in [9.17, 15) is 9.59 Å². The number of benzene rings is 3. The van der Waals surface area contributed by atoms with E-state index in [4.69, 9.17) is 42.8 Å². The second kappa shape index (κ2) is 14.6. The van der Waals surface area contributed by atoms with Crippen LogP contribution in [0.3, 0.4) is 0 Å². The first-order chi connectivity index (χ1) is 20.9. The number of aromatic carboxylic acids is 1. The SMILES string of the molecule is CCCCn1cc(-c2ccc(Cl)cc2Cl)nc1[C@H](Cc1ccc(OCc2ccc(C(=O)O)cc2)cc1)NC(=O)OC(C)(C)C. The van der Waals surface area contributed by atoms with E-state index >= 15 is 0 Å². The molecule has 10 heteroatoms. The van der Waals surface area contributed by atoms with E-state index in [0.29, 0.717) is 40.3 Å². The number of hydrogen-bond acceptors (Lipinski definition) is 5. The number of carboxylic acids is 1. The average molecular weight is 639 g/mol. The fourth-order valence-corrected chi connectivity index (χ4v) is 5.07. The molecule has 4 aromatic rings. The zero-order valence-electron chi connectivity index (χ0n) is 25.3. The van der Waals surface area contributed by atoms with E-state index in [1.165, 1.54) is 0 Å². The molecule has 3 aromatic carbocycles. The summed E-state index contributed by atoms with van der Waals surface area (Å²) in [5, 5.41) is 13.2. The first-order valence-electron chi connectivity index (χ1n) is 14.5. The number of alkyl carbamates (subject to hydrolysis) is 1. The van der Waals surface area contributed by atoms with Crippen molar-refractivity contribution in [3.63, 3.8) is 0 Å². The third kappa shape index (κ3) is 9.24. The molecule has 1 heterocycles. The van der Waals surface area contributed by atoms with Gasteiger partial charge in [-0.15, -0.1) is 0 Å². The van der Waals surface area contributed by atoms with Crippen LogP contribution in [0.2, 0.25) is 10.0 Å². The molecule has 1 aromatic heterocycles. The Bertz CT molecular complexity index is 1580. The van der Waals surface area contributed by atoms with Crippen molar-refractivity contribution in [2.75, 3.05) is 0 Å². The van der Waals surface area contributed by atoms with Gasteiger partial charge in [0.15, 0.2) is 0 Å². The van der Waals surface area contributed by atoms with Crippen molar-refractivity contribution >= 4 is 35.3 Å². The lowest BCUT2D eigenvalue weighted by atomic mass is 10.0. The number of imidazole rings is 1. The van der Waals surface area contributed by atoms with Crippen LogP contribution in [0.5, 0.6) is 5.75 Å². The Morgan fingerprint density at radius 2 is 1.68 bits per heavy atom. The molecule has 0 aliphatic heterocycles. The van der Waals surface area contributed by atoms with Gasteiger partial charge >= 0.3 is 12.1 Å². The van der Waals surface area contributed by atoms with Crippen molar-refractivity contribution < 1.29 is 24.2 Å². The summed E-state index contributed by atoms with van der Waals surface area (Å²) in [6.07, 6.45) is 3.80. The van der Waals surface area contributed by atoms with Gasteiger partial charge in [0.2, 0.25) is 0 Å². The van der Waals surface area contributed by atoms with Gasteiger partial charge in [-0.1, -0.05) is 60.8 Å². The van der Waals surface area contributed by atoms with Gasteiger partial charge in [-0.3, -0.25) is 0 Å². The standard InChI is InChI=1S/C34H37Cl2N3O5/c1-5-6-17-39-20-30(27-16-13-25(35)19-28(27)36)37-31(39)29(38-33(42)44-34(2,3)4)18-22-9-14-26(15-10-22)43-21-23-7-11-24(12-8-23)32(40)41/h7-16,19-20,29H,5-6,17-18,21H2,1-4H3,(H,38,42)(H,40,41)/t29-/m0/s1. The van der Waals surface area contributed by atoms with Crippen LogP contribution in [-0.4, -0.2) is 32.3 Å². The number of ether oxygens (including phenoxy) is 2. The van der Waals surface area contributed by atoms with Crippen LogP contribution >= 0.6 is 23.2 Å². The summed E-state index contributed by atoms with van der Waals surface area (Å²) in [6.45, 7) is 8.61. The topological polar surface area (TPSA) is 103 Å². The predicted molar refractivity (Wildman–Crippen MR) is 173 cm³/mol. The second-order valence-electron chi connectivity index (χ2n) is 11.5.